The number of fused-ring (bicyclic) bond motifs is 1. The van der Waals surface area contributed by atoms with Crippen molar-refractivity contribution in [1.29, 1.82) is 0 Å². The van der Waals surface area contributed by atoms with E-state index in [1.807, 2.05) is 6.07 Å². The van der Waals surface area contributed by atoms with E-state index < -0.39 is 11.6 Å². The molecule has 0 aromatic heterocycles. The number of benzene rings is 2. The van der Waals surface area contributed by atoms with E-state index >= 15 is 0 Å². The summed E-state index contributed by atoms with van der Waals surface area (Å²) in [5, 5.41) is 0. The molecule has 0 aliphatic carbocycles. The molecule has 2 aliphatic rings. The van der Waals surface area contributed by atoms with Gasteiger partial charge in [-0.1, -0.05) is 18.2 Å². The average molecular weight is 347 g/mol. The van der Waals surface area contributed by atoms with Crippen molar-refractivity contribution >= 4 is 0 Å². The Labute approximate surface area is 144 Å². The zero-order valence-corrected chi connectivity index (χ0v) is 13.7. The van der Waals surface area contributed by atoms with E-state index in [0.29, 0.717) is 18.2 Å². The van der Waals surface area contributed by atoms with Gasteiger partial charge in [-0.25, -0.2) is 18.6 Å². The third kappa shape index (κ3) is 3.42. The number of halogens is 3. The first-order chi connectivity index (χ1) is 12.1. The number of likely N-dealkylation sites (tertiary alicyclic amines) is 1. The molecule has 0 amide bonds. The van der Waals surface area contributed by atoms with Gasteiger partial charge in [0.25, 0.3) is 0 Å². The minimum absolute atomic E-state index is 0.0153. The lowest BCUT2D eigenvalue weighted by atomic mass is 9.85. The molecule has 2 aromatic carbocycles. The van der Waals surface area contributed by atoms with Crippen LogP contribution in [0.25, 0.3) is 0 Å². The van der Waals surface area contributed by atoms with Gasteiger partial charge in [-0.3, -0.25) is 10.3 Å². The zero-order chi connectivity index (χ0) is 17.4. The first-order valence-corrected chi connectivity index (χ1v) is 8.53. The minimum atomic E-state index is -0.560. The molecule has 2 aromatic rings. The van der Waals surface area contributed by atoms with E-state index in [4.69, 9.17) is 0 Å². The van der Waals surface area contributed by atoms with Gasteiger partial charge in [0.1, 0.15) is 17.5 Å². The Morgan fingerprint density at radius 2 is 1.84 bits per heavy atom. The van der Waals surface area contributed by atoms with E-state index in [2.05, 4.69) is 15.8 Å². The quantitative estimate of drug-likeness (QED) is 0.893. The van der Waals surface area contributed by atoms with Crippen LogP contribution in [0.2, 0.25) is 0 Å². The molecule has 6 heteroatoms. The highest BCUT2D eigenvalue weighted by molar-refractivity contribution is 5.23. The van der Waals surface area contributed by atoms with Crippen molar-refractivity contribution in [2.24, 2.45) is 5.92 Å². The fraction of sp³-hybridized carbons (Fsp3) is 0.368. The number of piperidine rings is 1. The number of nitrogens with zero attached hydrogens (tertiary/aromatic N) is 1. The Morgan fingerprint density at radius 1 is 1.00 bits per heavy atom. The molecule has 0 bridgehead atoms. The normalized spacial score (nSPS) is 26.6. The standard InChI is InChI=1S/C19H20F3N3/c20-14-3-1-2-12(8-14)19-16-11-25(7-6-18(16)23-24-19)10-13-4-5-15(21)9-17(13)22/h1-5,8-9,16,18-19,23-24H,6-7,10-11H2. The van der Waals surface area contributed by atoms with Gasteiger partial charge < -0.3 is 0 Å². The molecule has 2 N–H and O–H groups in total. The molecule has 3 atom stereocenters. The fourth-order valence-electron chi connectivity index (χ4n) is 3.94. The summed E-state index contributed by atoms with van der Waals surface area (Å²) in [6.45, 7) is 2.05. The molecule has 2 fully saturated rings. The third-order valence-electron chi connectivity index (χ3n) is 5.21. The molecule has 25 heavy (non-hydrogen) atoms. The summed E-state index contributed by atoms with van der Waals surface area (Å²) in [6.07, 6.45) is 0.923. The zero-order valence-electron chi connectivity index (χ0n) is 13.7. The number of nitrogens with one attached hydrogen (secondary N) is 2. The molecule has 3 nitrogen and oxygen atoms in total. The maximum atomic E-state index is 13.9. The highest BCUT2D eigenvalue weighted by Gasteiger charge is 2.40. The summed E-state index contributed by atoms with van der Waals surface area (Å²) < 4.78 is 40.6. The second-order valence-electron chi connectivity index (χ2n) is 6.85. The van der Waals surface area contributed by atoms with E-state index in [-0.39, 0.29) is 17.8 Å². The van der Waals surface area contributed by atoms with Gasteiger partial charge >= 0.3 is 0 Å². The molecule has 0 saturated carbocycles. The Bertz CT molecular complexity index is 767. The van der Waals surface area contributed by atoms with Gasteiger partial charge in [0, 0.05) is 43.2 Å². The van der Waals surface area contributed by atoms with Gasteiger partial charge in [0.2, 0.25) is 0 Å². The summed E-state index contributed by atoms with van der Waals surface area (Å²) in [5.41, 5.74) is 8.00. The van der Waals surface area contributed by atoms with Crippen LogP contribution in [-0.2, 0) is 6.54 Å². The smallest absolute Gasteiger partial charge is 0.130 e. The number of hydrogen-bond acceptors (Lipinski definition) is 3. The van der Waals surface area contributed by atoms with Crippen LogP contribution in [-0.4, -0.2) is 24.0 Å². The lowest BCUT2D eigenvalue weighted by Crippen LogP contribution is -2.45. The maximum absolute atomic E-state index is 13.9. The van der Waals surface area contributed by atoms with Crippen LogP contribution in [0.1, 0.15) is 23.6 Å². The highest BCUT2D eigenvalue weighted by atomic mass is 19.1. The van der Waals surface area contributed by atoms with Gasteiger partial charge in [0.15, 0.2) is 0 Å². The van der Waals surface area contributed by atoms with Crippen LogP contribution < -0.4 is 10.9 Å². The van der Waals surface area contributed by atoms with Crippen molar-refractivity contribution in [3.05, 3.63) is 71.0 Å². The van der Waals surface area contributed by atoms with Crippen molar-refractivity contribution in [3.63, 3.8) is 0 Å². The number of rotatable bonds is 3. The molecule has 132 valence electrons. The lowest BCUT2D eigenvalue weighted by Gasteiger charge is -2.36. The summed E-state index contributed by atoms with van der Waals surface area (Å²) in [6, 6.07) is 10.7. The molecule has 2 heterocycles. The Morgan fingerprint density at radius 3 is 2.64 bits per heavy atom. The summed E-state index contributed by atoms with van der Waals surface area (Å²) >= 11 is 0. The van der Waals surface area contributed by atoms with Crippen molar-refractivity contribution in [2.45, 2.75) is 25.0 Å². The highest BCUT2D eigenvalue weighted by Crippen LogP contribution is 2.34. The Hall–Kier alpha value is -1.89. The maximum Gasteiger partial charge on any atom is 0.130 e. The largest absolute Gasteiger partial charge is 0.299 e. The predicted molar refractivity (Wildman–Crippen MR) is 88.9 cm³/mol. The van der Waals surface area contributed by atoms with Crippen molar-refractivity contribution < 1.29 is 13.2 Å². The summed E-state index contributed by atoms with van der Waals surface area (Å²) in [4.78, 5) is 2.18. The van der Waals surface area contributed by atoms with Gasteiger partial charge in [-0.15, -0.1) is 0 Å². The lowest BCUT2D eigenvalue weighted by molar-refractivity contribution is 0.146. The average Bonchev–Trinajstić information content (AvgIpc) is 3.01. The minimum Gasteiger partial charge on any atom is -0.299 e. The van der Waals surface area contributed by atoms with Crippen LogP contribution >= 0.6 is 0 Å². The second-order valence-corrected chi connectivity index (χ2v) is 6.85. The van der Waals surface area contributed by atoms with Crippen LogP contribution in [0.15, 0.2) is 42.5 Å². The molecule has 4 rings (SSSR count). The first-order valence-electron chi connectivity index (χ1n) is 8.53. The SMILES string of the molecule is Fc1cccc(C2NNC3CCN(Cc4ccc(F)cc4F)CC32)c1. The van der Waals surface area contributed by atoms with Crippen molar-refractivity contribution in [2.75, 3.05) is 13.1 Å². The fourth-order valence-corrected chi connectivity index (χ4v) is 3.94. The molecule has 2 saturated heterocycles. The first kappa shape index (κ1) is 16.6. The Kier molecular flexibility index (Phi) is 4.50. The topological polar surface area (TPSA) is 27.3 Å². The van der Waals surface area contributed by atoms with Crippen LogP contribution in [0.5, 0.6) is 0 Å². The molecule has 0 radical (unpaired) electrons. The van der Waals surface area contributed by atoms with Gasteiger partial charge in [-0.05, 0) is 30.2 Å². The summed E-state index contributed by atoms with van der Waals surface area (Å²) in [5.74, 6) is -1.05. The van der Waals surface area contributed by atoms with Crippen molar-refractivity contribution in [1.82, 2.24) is 15.8 Å². The van der Waals surface area contributed by atoms with Crippen LogP contribution in [0.4, 0.5) is 13.2 Å². The number of hydrogen-bond donors (Lipinski definition) is 2. The second kappa shape index (κ2) is 6.78. The molecule has 3 unspecified atom stereocenters. The van der Waals surface area contributed by atoms with Crippen LogP contribution in [0, 0.1) is 23.4 Å². The molecule has 2 aliphatic heterocycles. The molecule has 0 spiro atoms. The third-order valence-corrected chi connectivity index (χ3v) is 5.21. The summed E-state index contributed by atoms with van der Waals surface area (Å²) in [7, 11) is 0. The molecular formula is C19H20F3N3. The van der Waals surface area contributed by atoms with E-state index in [9.17, 15) is 13.2 Å². The monoisotopic (exact) mass is 347 g/mol. The van der Waals surface area contributed by atoms with E-state index in [1.165, 1.54) is 18.2 Å². The number of hydrazine groups is 1. The van der Waals surface area contributed by atoms with Gasteiger partial charge in [0.05, 0.1) is 6.04 Å². The van der Waals surface area contributed by atoms with E-state index in [1.54, 1.807) is 12.1 Å². The van der Waals surface area contributed by atoms with Crippen LogP contribution in [0.3, 0.4) is 0 Å². The molecular weight excluding hydrogens is 327 g/mol. The van der Waals surface area contributed by atoms with Crippen molar-refractivity contribution in [3.8, 4) is 0 Å². The Balaban J connectivity index is 1.49. The predicted octanol–water partition coefficient (Wildman–Crippen LogP) is 3.14. The van der Waals surface area contributed by atoms with E-state index in [0.717, 1.165) is 31.1 Å². The van der Waals surface area contributed by atoms with Gasteiger partial charge in [-0.2, -0.15) is 0 Å².